The Hall–Kier alpha value is -17.7. The van der Waals surface area contributed by atoms with Crippen LogP contribution in [0.3, 0.4) is 0 Å². The minimum atomic E-state index is 1.17. The molecule has 0 saturated carbocycles. The molecule has 0 aromatic heterocycles. The first-order valence-corrected chi connectivity index (χ1v) is 47.0. The lowest BCUT2D eigenvalue weighted by Gasteiger charge is -2.23. The molecule has 0 heteroatoms. The lowest BCUT2D eigenvalue weighted by atomic mass is 9.80. The van der Waals surface area contributed by atoms with Crippen molar-refractivity contribution in [3.63, 3.8) is 0 Å². The predicted molar refractivity (Wildman–Crippen MR) is 589 cm³/mol. The van der Waals surface area contributed by atoms with Gasteiger partial charge in [0.25, 0.3) is 0 Å². The molecule has 0 atom stereocenters. The quantitative estimate of drug-likeness (QED) is 0.0593. The second-order valence-electron chi connectivity index (χ2n) is 35.2. The van der Waals surface area contributed by atoms with E-state index in [4.69, 9.17) is 0 Å². The monoisotopic (exact) mass is 1720 g/mol. The summed E-state index contributed by atoms with van der Waals surface area (Å²) >= 11 is 0. The summed E-state index contributed by atoms with van der Waals surface area (Å²) in [5.41, 5.74) is 33.9. The summed E-state index contributed by atoms with van der Waals surface area (Å²) in [6.07, 6.45) is 17.5. The summed E-state index contributed by atoms with van der Waals surface area (Å²) in [6.45, 7) is 0. The van der Waals surface area contributed by atoms with Crippen molar-refractivity contribution in [2.24, 2.45) is 0 Å². The van der Waals surface area contributed by atoms with E-state index in [2.05, 4.69) is 558 Å². The van der Waals surface area contributed by atoms with Gasteiger partial charge in [-0.2, -0.15) is 0 Å². The van der Waals surface area contributed by atoms with Crippen molar-refractivity contribution in [2.75, 3.05) is 0 Å². The topological polar surface area (TPSA) is 0 Å². The Kier molecular flexibility index (Phi) is 22.7. The van der Waals surface area contributed by atoms with Crippen LogP contribution in [0.1, 0.15) is 44.5 Å². The molecule has 0 radical (unpaired) electrons. The molecule has 0 aliphatic heterocycles. The molecule has 136 heavy (non-hydrogen) atoms. The van der Waals surface area contributed by atoms with Crippen LogP contribution in [0, 0.1) is 0 Å². The molecule has 0 saturated heterocycles. The number of hydrogen-bond donors (Lipinski definition) is 0. The van der Waals surface area contributed by atoms with Crippen molar-refractivity contribution < 1.29 is 0 Å². The molecular formula is C136H92. The third kappa shape index (κ3) is 16.7. The Labute approximate surface area is 794 Å². The zero-order valence-corrected chi connectivity index (χ0v) is 75.1. The van der Waals surface area contributed by atoms with Gasteiger partial charge in [0.1, 0.15) is 0 Å². The van der Waals surface area contributed by atoms with Crippen molar-refractivity contribution in [1.82, 2.24) is 0 Å². The molecule has 636 valence electrons. The van der Waals surface area contributed by atoms with Crippen LogP contribution in [-0.4, -0.2) is 0 Å². The van der Waals surface area contributed by atoms with E-state index >= 15 is 0 Å². The Morgan fingerprint density at radius 2 is 0.331 bits per heavy atom. The van der Waals surface area contributed by atoms with E-state index < -0.39 is 0 Å². The summed E-state index contributed by atoms with van der Waals surface area (Å²) in [5, 5.41) is 19.7. The van der Waals surface area contributed by atoms with Crippen molar-refractivity contribution >= 4 is 135 Å². The van der Waals surface area contributed by atoms with Crippen molar-refractivity contribution in [1.29, 1.82) is 0 Å². The summed E-state index contributed by atoms with van der Waals surface area (Å²) in [6, 6.07) is 186. The minimum Gasteiger partial charge on any atom is -0.0622 e. The Morgan fingerprint density at radius 1 is 0.103 bits per heavy atom. The SMILES string of the molecule is C(=C\c1cccc(-c2ccc(-c3c4ccccc4c(-c4ccc(-c5cccc(/C=C/c6ccccc6)c5)c5ccccc45)c4c(-c5ccccc5)cccc34)c3ccccc23)c1)/c1ccccc1.C(=C\c1cccc(-c2ccc3cc(-c4c5ccccc5c(-c5ccc6cc(-c7cccc(/C=C/c8ccccc8)c7)ccc6c5)c5c(-c6ccccc6)cccc45)ccc3c2)c1)/c1ccccc1. The zero-order valence-electron chi connectivity index (χ0n) is 75.1. The number of benzene rings is 24. The fraction of sp³-hybridized carbons (Fsp3) is 0. The van der Waals surface area contributed by atoms with Gasteiger partial charge in [-0.1, -0.05) is 510 Å². The summed E-state index contributed by atoms with van der Waals surface area (Å²) < 4.78 is 0. The van der Waals surface area contributed by atoms with Crippen LogP contribution in [0.25, 0.3) is 246 Å². The highest BCUT2D eigenvalue weighted by Gasteiger charge is 2.26. The Bertz CT molecular complexity index is 8780. The lowest BCUT2D eigenvalue weighted by Crippen LogP contribution is -1.95. The van der Waals surface area contributed by atoms with Crippen LogP contribution in [-0.2, 0) is 0 Å². The van der Waals surface area contributed by atoms with Gasteiger partial charge in [0.15, 0.2) is 0 Å². The first kappa shape index (κ1) is 82.7. The van der Waals surface area contributed by atoms with Gasteiger partial charge in [-0.05, 0) is 290 Å². The van der Waals surface area contributed by atoms with E-state index in [0.29, 0.717) is 0 Å². The normalized spacial score (nSPS) is 11.7. The average molecular weight is 1730 g/mol. The van der Waals surface area contributed by atoms with Gasteiger partial charge in [0, 0.05) is 0 Å². The maximum absolute atomic E-state index is 2.39. The maximum atomic E-state index is 2.39. The van der Waals surface area contributed by atoms with Crippen LogP contribution in [0.4, 0.5) is 0 Å². The molecule has 24 aromatic carbocycles. The molecule has 0 heterocycles. The van der Waals surface area contributed by atoms with Crippen LogP contribution in [0.2, 0.25) is 0 Å². The maximum Gasteiger partial charge on any atom is -0.00139 e. The molecule has 0 fully saturated rings. The molecule has 0 bridgehead atoms. The minimum absolute atomic E-state index is 1.17. The van der Waals surface area contributed by atoms with E-state index in [9.17, 15) is 0 Å². The second kappa shape index (κ2) is 37.3. The van der Waals surface area contributed by atoms with Gasteiger partial charge in [0.2, 0.25) is 0 Å². The lowest BCUT2D eigenvalue weighted by molar-refractivity contribution is 1.61. The van der Waals surface area contributed by atoms with Gasteiger partial charge < -0.3 is 0 Å². The first-order valence-electron chi connectivity index (χ1n) is 47.0. The Balaban J connectivity index is 0.000000153. The summed E-state index contributed by atoms with van der Waals surface area (Å²) in [5.74, 6) is 0. The molecule has 24 rings (SSSR count). The fourth-order valence-corrected chi connectivity index (χ4v) is 20.3. The van der Waals surface area contributed by atoms with E-state index in [1.165, 1.54) is 242 Å². The average Bonchev–Trinajstić information content (AvgIpc) is 0.710. The molecule has 0 aliphatic rings. The zero-order chi connectivity index (χ0) is 90.5. The summed E-state index contributed by atoms with van der Waals surface area (Å²) in [7, 11) is 0. The van der Waals surface area contributed by atoms with Crippen molar-refractivity contribution in [3.05, 3.63) is 554 Å². The fourth-order valence-electron chi connectivity index (χ4n) is 20.3. The number of hydrogen-bond acceptors (Lipinski definition) is 0. The van der Waals surface area contributed by atoms with E-state index in [-0.39, 0.29) is 0 Å². The van der Waals surface area contributed by atoms with Crippen LogP contribution < -0.4 is 0 Å². The molecule has 0 N–H and O–H groups in total. The van der Waals surface area contributed by atoms with Crippen LogP contribution in [0.15, 0.2) is 510 Å². The first-order chi connectivity index (χ1) is 67.4. The van der Waals surface area contributed by atoms with E-state index in [0.717, 1.165) is 0 Å². The number of fused-ring (bicyclic) bond motifs is 8. The molecule has 0 nitrogen and oxygen atoms in total. The van der Waals surface area contributed by atoms with Crippen LogP contribution >= 0.6 is 0 Å². The largest absolute Gasteiger partial charge is 0.0622 e. The number of rotatable bonds is 18. The molecule has 0 amide bonds. The highest BCUT2D eigenvalue weighted by atomic mass is 14.3. The van der Waals surface area contributed by atoms with Crippen LogP contribution in [0.5, 0.6) is 0 Å². The van der Waals surface area contributed by atoms with E-state index in [1.807, 2.05) is 0 Å². The predicted octanol–water partition coefficient (Wildman–Crippen LogP) is 38.0. The molecular weight excluding hydrogens is 1630 g/mol. The van der Waals surface area contributed by atoms with Gasteiger partial charge in [-0.3, -0.25) is 0 Å². The highest BCUT2D eigenvalue weighted by molar-refractivity contribution is 6.30. The Morgan fingerprint density at radius 3 is 0.721 bits per heavy atom. The van der Waals surface area contributed by atoms with Crippen molar-refractivity contribution in [3.8, 4) is 111 Å². The molecule has 0 unspecified atom stereocenters. The second-order valence-corrected chi connectivity index (χ2v) is 35.2. The smallest absolute Gasteiger partial charge is 0.00139 e. The van der Waals surface area contributed by atoms with E-state index in [1.54, 1.807) is 0 Å². The third-order valence-corrected chi connectivity index (χ3v) is 26.8. The molecule has 24 aromatic rings. The van der Waals surface area contributed by atoms with Gasteiger partial charge in [0.05, 0.1) is 0 Å². The van der Waals surface area contributed by atoms with Gasteiger partial charge in [-0.15, -0.1) is 0 Å². The van der Waals surface area contributed by atoms with Crippen molar-refractivity contribution in [2.45, 2.75) is 0 Å². The third-order valence-electron chi connectivity index (χ3n) is 26.8. The van der Waals surface area contributed by atoms with Gasteiger partial charge in [-0.25, -0.2) is 0 Å². The highest BCUT2D eigenvalue weighted by Crippen LogP contribution is 2.53. The molecule has 0 spiro atoms. The summed E-state index contributed by atoms with van der Waals surface area (Å²) in [4.78, 5) is 0. The standard InChI is InChI=1S/2C68H46/c1-4-19-47(20-5-1)37-39-49-23-16-27-52(45-49)54-41-43-63(59-31-12-10-29-57(54)59)66-61-33-14-15-34-62(61)68(67-56(35-18-36-65(66)67)51-25-8-3-9-26-51)64-44-42-55(58-30-11-13-32-60(58)64)53-28-17-24-50(46-53)40-38-48-21-6-2-7-22-48;1-4-15-47(16-5-1)29-31-49-19-12-23-52(41-49)54-33-35-58-45-60(39-37-56(58)43-54)66-63-25-10-11-26-64(63)67(68-62(27-14-28-65(66)68)51-21-8-3-9-22-51)61-40-38-57-44-55(34-36-59(57)46-61)53-24-13-20-50(42-53)32-30-48-17-6-2-7-18-48/h2*1-46H/b39-37+,40-38+;31-29+,32-30+. The van der Waals surface area contributed by atoms with Gasteiger partial charge >= 0.3 is 0 Å². The molecule has 0 aliphatic carbocycles.